The van der Waals surface area contributed by atoms with E-state index in [0.717, 1.165) is 40.4 Å². The highest BCUT2D eigenvalue weighted by atomic mass is 15.0. The Hall–Kier alpha value is -7.56. The maximum atomic E-state index is 4.60. The molecular formula is C54H40N4. The second kappa shape index (κ2) is 15.2. The van der Waals surface area contributed by atoms with E-state index < -0.39 is 0 Å². The predicted octanol–water partition coefficient (Wildman–Crippen LogP) is 13.9. The van der Waals surface area contributed by atoms with Crippen molar-refractivity contribution >= 4 is 43.6 Å². The van der Waals surface area contributed by atoms with Crippen LogP contribution in [0.15, 0.2) is 212 Å². The van der Waals surface area contributed by atoms with Crippen LogP contribution in [-0.4, -0.2) is 19.1 Å². The van der Waals surface area contributed by atoms with Crippen LogP contribution in [0.25, 0.3) is 88.8 Å². The summed E-state index contributed by atoms with van der Waals surface area (Å²) in [6, 6.07) is 73.1. The van der Waals surface area contributed by atoms with Crippen molar-refractivity contribution in [1.82, 2.24) is 19.1 Å². The van der Waals surface area contributed by atoms with E-state index in [4.69, 9.17) is 0 Å². The van der Waals surface area contributed by atoms with Gasteiger partial charge in [-0.05, 0) is 71.6 Å². The molecule has 8 aromatic carbocycles. The molecule has 0 aliphatic rings. The minimum absolute atomic E-state index is 0.761. The van der Waals surface area contributed by atoms with E-state index in [2.05, 4.69) is 178 Å². The Labute approximate surface area is 338 Å². The Morgan fingerprint density at radius 1 is 0.379 bits per heavy atom. The van der Waals surface area contributed by atoms with E-state index in [1.807, 2.05) is 54.6 Å². The number of hydrogen-bond donors (Lipinski definition) is 0. The Morgan fingerprint density at radius 3 is 1.28 bits per heavy atom. The van der Waals surface area contributed by atoms with Crippen molar-refractivity contribution in [2.24, 2.45) is 0 Å². The molecule has 0 aliphatic carbocycles. The van der Waals surface area contributed by atoms with Gasteiger partial charge in [-0.25, -0.2) is 9.97 Å². The molecule has 0 radical (unpaired) electrons. The van der Waals surface area contributed by atoms with Crippen LogP contribution in [-0.2, 0) is 6.42 Å². The van der Waals surface area contributed by atoms with E-state index in [1.165, 1.54) is 60.3 Å². The van der Waals surface area contributed by atoms with Crippen molar-refractivity contribution in [3.63, 3.8) is 0 Å². The van der Waals surface area contributed by atoms with Gasteiger partial charge < -0.3 is 9.13 Å². The Kier molecular flexibility index (Phi) is 9.13. The molecule has 276 valence electrons. The van der Waals surface area contributed by atoms with E-state index in [-0.39, 0.29) is 0 Å². The summed E-state index contributed by atoms with van der Waals surface area (Å²) < 4.78 is 4.85. The summed E-state index contributed by atoms with van der Waals surface area (Å²) in [4.78, 5) is 8.93. The van der Waals surface area contributed by atoms with Crippen molar-refractivity contribution < 1.29 is 0 Å². The van der Waals surface area contributed by atoms with Crippen molar-refractivity contribution in [1.29, 1.82) is 0 Å². The van der Waals surface area contributed by atoms with Gasteiger partial charge in [0.2, 0.25) is 0 Å². The largest absolute Gasteiger partial charge is 0.309 e. The Morgan fingerprint density at radius 2 is 0.810 bits per heavy atom. The van der Waals surface area contributed by atoms with E-state index in [0.29, 0.717) is 0 Å². The van der Waals surface area contributed by atoms with Crippen LogP contribution in [0.3, 0.4) is 0 Å². The van der Waals surface area contributed by atoms with Gasteiger partial charge >= 0.3 is 0 Å². The fourth-order valence-electron chi connectivity index (χ4n) is 8.21. The monoisotopic (exact) mass is 744 g/mol. The molecule has 58 heavy (non-hydrogen) atoms. The Balaban J connectivity index is 0.000000189. The van der Waals surface area contributed by atoms with Gasteiger partial charge in [-0.1, -0.05) is 165 Å². The van der Waals surface area contributed by atoms with E-state index in [9.17, 15) is 0 Å². The summed E-state index contributed by atoms with van der Waals surface area (Å²) in [7, 11) is 0. The first-order chi connectivity index (χ1) is 28.7. The van der Waals surface area contributed by atoms with Crippen LogP contribution >= 0.6 is 0 Å². The average Bonchev–Trinajstić information content (AvgIpc) is 3.83. The highest BCUT2D eigenvalue weighted by Crippen LogP contribution is 2.37. The predicted molar refractivity (Wildman–Crippen MR) is 243 cm³/mol. The number of benzene rings is 8. The number of aryl methyl sites for hydroxylation is 1. The summed E-state index contributed by atoms with van der Waals surface area (Å²) >= 11 is 0. The molecule has 0 saturated heterocycles. The number of nitrogens with zero attached hydrogens (tertiary/aromatic N) is 4. The molecular weight excluding hydrogens is 705 g/mol. The van der Waals surface area contributed by atoms with Crippen LogP contribution < -0.4 is 0 Å². The average molecular weight is 745 g/mol. The zero-order chi connectivity index (χ0) is 38.8. The van der Waals surface area contributed by atoms with Gasteiger partial charge in [-0.3, -0.25) is 0 Å². The summed E-state index contributed by atoms with van der Waals surface area (Å²) in [5, 5.41) is 5.09. The van der Waals surface area contributed by atoms with Crippen molar-refractivity contribution in [3.05, 3.63) is 218 Å². The van der Waals surface area contributed by atoms with Crippen molar-refractivity contribution in [2.75, 3.05) is 0 Å². The molecule has 0 amide bonds. The fraction of sp³-hybridized carbons (Fsp3) is 0.0370. The standard InChI is InChI=1S/C38H28N2.C16H12N2/c1-2-26-19-21-27(22-20-26)28-23-29(39-35-15-7-3-11-31(35)32-12-4-8-16-36(32)39)25-30(24-28)40-37-17-9-5-13-33(37)34-14-6-10-18-38(34)40;1-3-7-13(8-4-1)15-11-12-17-16(18-15)14-9-5-2-6-10-14/h3-25H,2H2,1H3;1-12H. The molecule has 11 aromatic rings. The third-order valence-corrected chi connectivity index (χ3v) is 11.0. The maximum Gasteiger partial charge on any atom is 0.159 e. The van der Waals surface area contributed by atoms with Crippen molar-refractivity contribution in [2.45, 2.75) is 13.3 Å². The van der Waals surface area contributed by atoms with Gasteiger partial charge in [0.05, 0.1) is 27.8 Å². The Bertz CT molecular complexity index is 2900. The highest BCUT2D eigenvalue weighted by molar-refractivity contribution is 6.10. The van der Waals surface area contributed by atoms with Gasteiger partial charge in [0.15, 0.2) is 5.82 Å². The normalized spacial score (nSPS) is 11.3. The zero-order valence-electron chi connectivity index (χ0n) is 32.2. The molecule has 0 unspecified atom stereocenters. The van der Waals surface area contributed by atoms with Gasteiger partial charge in [-0.15, -0.1) is 0 Å². The molecule has 11 rings (SSSR count). The molecule has 4 nitrogen and oxygen atoms in total. The maximum absolute atomic E-state index is 4.60. The zero-order valence-corrected chi connectivity index (χ0v) is 32.2. The van der Waals surface area contributed by atoms with E-state index in [1.54, 1.807) is 6.20 Å². The van der Waals surface area contributed by atoms with E-state index >= 15 is 0 Å². The van der Waals surface area contributed by atoms with Crippen LogP contribution in [0, 0.1) is 0 Å². The number of para-hydroxylation sites is 4. The molecule has 0 fully saturated rings. The first-order valence-corrected chi connectivity index (χ1v) is 19.9. The molecule has 0 saturated carbocycles. The lowest BCUT2D eigenvalue weighted by atomic mass is 10.0. The minimum Gasteiger partial charge on any atom is -0.309 e. The fourth-order valence-corrected chi connectivity index (χ4v) is 8.21. The molecule has 0 aliphatic heterocycles. The summed E-state index contributed by atoms with van der Waals surface area (Å²) in [6.07, 6.45) is 2.84. The van der Waals surface area contributed by atoms with Crippen molar-refractivity contribution in [3.8, 4) is 45.1 Å². The lowest BCUT2D eigenvalue weighted by Gasteiger charge is -2.16. The van der Waals surface area contributed by atoms with Gasteiger partial charge in [-0.2, -0.15) is 0 Å². The highest BCUT2D eigenvalue weighted by Gasteiger charge is 2.17. The van der Waals surface area contributed by atoms with Crippen LogP contribution in [0.1, 0.15) is 12.5 Å². The van der Waals surface area contributed by atoms with Gasteiger partial charge in [0, 0.05) is 50.2 Å². The molecule has 3 aromatic heterocycles. The van der Waals surface area contributed by atoms with Gasteiger partial charge in [0.1, 0.15) is 0 Å². The van der Waals surface area contributed by atoms with Gasteiger partial charge in [0.25, 0.3) is 0 Å². The van der Waals surface area contributed by atoms with Crippen LogP contribution in [0.5, 0.6) is 0 Å². The number of fused-ring (bicyclic) bond motifs is 6. The number of hydrogen-bond acceptors (Lipinski definition) is 2. The first kappa shape index (κ1) is 34.9. The second-order valence-corrected chi connectivity index (χ2v) is 14.5. The molecule has 4 heteroatoms. The number of aromatic nitrogens is 4. The first-order valence-electron chi connectivity index (χ1n) is 19.9. The van der Waals surface area contributed by atoms with Crippen LogP contribution in [0.2, 0.25) is 0 Å². The lowest BCUT2D eigenvalue weighted by Crippen LogP contribution is -2.00. The summed E-state index contributed by atoms with van der Waals surface area (Å²) in [5.74, 6) is 0.761. The summed E-state index contributed by atoms with van der Waals surface area (Å²) in [6.45, 7) is 2.21. The molecule has 0 N–H and O–H groups in total. The number of rotatable bonds is 6. The topological polar surface area (TPSA) is 35.6 Å². The molecule has 0 spiro atoms. The smallest absolute Gasteiger partial charge is 0.159 e. The lowest BCUT2D eigenvalue weighted by molar-refractivity contribution is 1.13. The molecule has 0 atom stereocenters. The quantitative estimate of drug-likeness (QED) is 0.170. The SMILES string of the molecule is CCc1ccc(-c2cc(-n3c4ccccc4c4ccccc43)cc(-n3c4ccccc4c4ccccc43)c2)cc1.c1ccc(-c2ccnc(-c3ccccc3)n2)cc1. The summed E-state index contributed by atoms with van der Waals surface area (Å²) in [5.41, 5.74) is 14.1. The molecule has 3 heterocycles. The van der Waals surface area contributed by atoms with Crippen LogP contribution in [0.4, 0.5) is 0 Å². The minimum atomic E-state index is 0.761. The third kappa shape index (κ3) is 6.41. The third-order valence-electron chi connectivity index (χ3n) is 11.0. The molecule has 0 bridgehead atoms. The second-order valence-electron chi connectivity index (χ2n) is 14.5.